The third-order valence-corrected chi connectivity index (χ3v) is 3.27. The molecule has 2 aromatic heterocycles. The van der Waals surface area contributed by atoms with E-state index >= 15 is 0 Å². The zero-order valence-corrected chi connectivity index (χ0v) is 12.5. The zero-order chi connectivity index (χ0) is 15.8. The van der Waals surface area contributed by atoms with Gasteiger partial charge in [-0.1, -0.05) is 12.8 Å². The SMILES string of the molecule is COC(=O)CCCCCCC(=O)On1ccc2ncncc21. The van der Waals surface area contributed by atoms with Crippen LogP contribution in [0.1, 0.15) is 38.5 Å². The molecule has 0 spiro atoms. The monoisotopic (exact) mass is 305 g/mol. The number of fused-ring (bicyclic) bond motifs is 1. The van der Waals surface area contributed by atoms with Crippen LogP contribution in [0.5, 0.6) is 0 Å². The fourth-order valence-electron chi connectivity index (χ4n) is 2.08. The van der Waals surface area contributed by atoms with Crippen molar-refractivity contribution < 1.29 is 19.2 Å². The lowest BCUT2D eigenvalue weighted by Crippen LogP contribution is -2.18. The molecule has 0 saturated heterocycles. The minimum absolute atomic E-state index is 0.193. The lowest BCUT2D eigenvalue weighted by Gasteiger charge is -2.05. The van der Waals surface area contributed by atoms with Gasteiger partial charge in [-0.3, -0.25) is 4.79 Å². The first-order valence-corrected chi connectivity index (χ1v) is 7.26. The Bertz CT molecular complexity index is 639. The maximum atomic E-state index is 11.8. The summed E-state index contributed by atoms with van der Waals surface area (Å²) in [5, 5.41) is 0. The second-order valence-corrected chi connectivity index (χ2v) is 4.89. The number of aromatic nitrogens is 3. The minimum Gasteiger partial charge on any atom is -0.469 e. The Labute approximate surface area is 128 Å². The second kappa shape index (κ2) is 8.11. The average Bonchev–Trinajstić information content (AvgIpc) is 2.93. The van der Waals surface area contributed by atoms with Crippen LogP contribution in [0.3, 0.4) is 0 Å². The van der Waals surface area contributed by atoms with Gasteiger partial charge in [-0.05, 0) is 18.9 Å². The highest BCUT2D eigenvalue weighted by molar-refractivity contribution is 5.76. The van der Waals surface area contributed by atoms with E-state index in [4.69, 9.17) is 4.84 Å². The van der Waals surface area contributed by atoms with E-state index in [1.54, 1.807) is 18.5 Å². The molecule has 7 nitrogen and oxygen atoms in total. The third kappa shape index (κ3) is 4.54. The molecule has 0 aliphatic heterocycles. The van der Waals surface area contributed by atoms with Crippen LogP contribution in [0.25, 0.3) is 11.0 Å². The number of rotatable bonds is 8. The van der Waals surface area contributed by atoms with Gasteiger partial charge in [0.25, 0.3) is 0 Å². The zero-order valence-electron chi connectivity index (χ0n) is 12.5. The number of hydrogen-bond acceptors (Lipinski definition) is 6. The molecular weight excluding hydrogens is 286 g/mol. The molecule has 0 atom stereocenters. The van der Waals surface area contributed by atoms with Crippen molar-refractivity contribution in [3.63, 3.8) is 0 Å². The molecule has 2 rings (SSSR count). The number of esters is 1. The number of nitrogens with zero attached hydrogens (tertiary/aromatic N) is 3. The largest absolute Gasteiger partial charge is 0.469 e. The molecule has 0 aliphatic carbocycles. The standard InChI is InChI=1S/C15H19N3O4/c1-21-14(19)6-4-2-3-5-7-15(20)22-18-9-8-12-13(18)10-16-11-17-12/h8-11H,2-7H2,1H3. The van der Waals surface area contributed by atoms with E-state index in [1.807, 2.05) is 0 Å². The summed E-state index contributed by atoms with van der Waals surface area (Å²) in [4.78, 5) is 35.9. The number of carbonyl (C=O) groups excluding carboxylic acids is 2. The first-order chi connectivity index (χ1) is 10.7. The van der Waals surface area contributed by atoms with Crippen LogP contribution in [0.2, 0.25) is 0 Å². The van der Waals surface area contributed by atoms with E-state index in [0.717, 1.165) is 31.2 Å². The Balaban J connectivity index is 1.67. The normalized spacial score (nSPS) is 10.6. The van der Waals surface area contributed by atoms with Gasteiger partial charge in [-0.2, -0.15) is 4.73 Å². The van der Waals surface area contributed by atoms with Crippen molar-refractivity contribution >= 4 is 23.0 Å². The van der Waals surface area contributed by atoms with Crippen molar-refractivity contribution in [1.82, 2.24) is 14.7 Å². The predicted octanol–water partition coefficient (Wildman–Crippen LogP) is 1.90. The number of ether oxygens (including phenoxy) is 1. The van der Waals surface area contributed by atoms with E-state index in [9.17, 15) is 9.59 Å². The van der Waals surface area contributed by atoms with Crippen LogP contribution in [0.4, 0.5) is 0 Å². The van der Waals surface area contributed by atoms with E-state index < -0.39 is 0 Å². The summed E-state index contributed by atoms with van der Waals surface area (Å²) in [5.41, 5.74) is 1.39. The van der Waals surface area contributed by atoms with Crippen LogP contribution in [0.15, 0.2) is 24.8 Å². The summed E-state index contributed by atoms with van der Waals surface area (Å²) >= 11 is 0. The van der Waals surface area contributed by atoms with Crippen molar-refractivity contribution in [1.29, 1.82) is 0 Å². The highest BCUT2D eigenvalue weighted by Gasteiger charge is 2.08. The average molecular weight is 305 g/mol. The van der Waals surface area contributed by atoms with E-state index in [-0.39, 0.29) is 11.9 Å². The third-order valence-electron chi connectivity index (χ3n) is 3.27. The molecule has 0 unspecified atom stereocenters. The van der Waals surface area contributed by atoms with Gasteiger partial charge in [0.1, 0.15) is 11.8 Å². The van der Waals surface area contributed by atoms with Gasteiger partial charge in [0.05, 0.1) is 18.8 Å². The summed E-state index contributed by atoms with van der Waals surface area (Å²) in [5.74, 6) is -0.490. The van der Waals surface area contributed by atoms with Crippen molar-refractivity contribution in [3.8, 4) is 0 Å². The van der Waals surface area contributed by atoms with Gasteiger partial charge < -0.3 is 9.57 Å². The molecule has 0 bridgehead atoms. The number of methoxy groups -OCH3 is 1. The molecular formula is C15H19N3O4. The van der Waals surface area contributed by atoms with E-state index in [2.05, 4.69) is 14.7 Å². The van der Waals surface area contributed by atoms with Gasteiger partial charge in [-0.15, -0.1) is 0 Å². The summed E-state index contributed by atoms with van der Waals surface area (Å²) in [6, 6.07) is 1.76. The van der Waals surface area contributed by atoms with Crippen LogP contribution in [-0.4, -0.2) is 33.7 Å². The van der Waals surface area contributed by atoms with Crippen LogP contribution < -0.4 is 4.84 Å². The molecule has 0 aromatic carbocycles. The number of unbranched alkanes of at least 4 members (excludes halogenated alkanes) is 3. The molecule has 2 heterocycles. The molecule has 0 aliphatic rings. The number of hydrogen-bond donors (Lipinski definition) is 0. The Morgan fingerprint density at radius 2 is 1.86 bits per heavy atom. The number of carbonyl (C=O) groups is 2. The predicted molar refractivity (Wildman–Crippen MR) is 78.8 cm³/mol. The van der Waals surface area contributed by atoms with E-state index in [0.29, 0.717) is 18.4 Å². The van der Waals surface area contributed by atoms with Gasteiger partial charge in [0.15, 0.2) is 0 Å². The van der Waals surface area contributed by atoms with Gasteiger partial charge in [0, 0.05) is 19.0 Å². The molecule has 22 heavy (non-hydrogen) atoms. The van der Waals surface area contributed by atoms with Crippen molar-refractivity contribution in [3.05, 3.63) is 24.8 Å². The van der Waals surface area contributed by atoms with E-state index in [1.165, 1.54) is 18.2 Å². The Morgan fingerprint density at radius 1 is 1.14 bits per heavy atom. The molecule has 7 heteroatoms. The van der Waals surface area contributed by atoms with Crippen molar-refractivity contribution in [2.75, 3.05) is 7.11 Å². The first-order valence-electron chi connectivity index (χ1n) is 7.26. The van der Waals surface area contributed by atoms with Crippen LogP contribution in [-0.2, 0) is 14.3 Å². The fraction of sp³-hybridized carbons (Fsp3) is 0.467. The van der Waals surface area contributed by atoms with Crippen molar-refractivity contribution in [2.45, 2.75) is 38.5 Å². The summed E-state index contributed by atoms with van der Waals surface area (Å²) in [6.07, 6.45) is 8.74. The highest BCUT2D eigenvalue weighted by Crippen LogP contribution is 2.10. The molecule has 0 radical (unpaired) electrons. The van der Waals surface area contributed by atoms with Gasteiger partial charge in [0.2, 0.25) is 0 Å². The summed E-state index contributed by atoms with van der Waals surface area (Å²) < 4.78 is 5.95. The molecule has 0 fully saturated rings. The lowest BCUT2D eigenvalue weighted by atomic mass is 10.1. The summed E-state index contributed by atoms with van der Waals surface area (Å²) in [6.45, 7) is 0. The van der Waals surface area contributed by atoms with Gasteiger partial charge >= 0.3 is 11.9 Å². The Kier molecular flexibility index (Phi) is 5.88. The lowest BCUT2D eigenvalue weighted by molar-refractivity contribution is -0.144. The Morgan fingerprint density at radius 3 is 2.59 bits per heavy atom. The molecule has 0 saturated carbocycles. The maximum absolute atomic E-state index is 11.8. The maximum Gasteiger partial charge on any atom is 0.332 e. The quantitative estimate of drug-likeness (QED) is 0.547. The van der Waals surface area contributed by atoms with Crippen LogP contribution in [0, 0.1) is 0 Å². The van der Waals surface area contributed by atoms with Gasteiger partial charge in [-0.25, -0.2) is 14.8 Å². The Hall–Kier alpha value is -2.44. The smallest absolute Gasteiger partial charge is 0.332 e. The molecule has 118 valence electrons. The van der Waals surface area contributed by atoms with Crippen LogP contribution >= 0.6 is 0 Å². The minimum atomic E-state index is -0.297. The highest BCUT2D eigenvalue weighted by atomic mass is 16.7. The fourth-order valence-corrected chi connectivity index (χ4v) is 2.08. The molecule has 0 N–H and O–H groups in total. The topological polar surface area (TPSA) is 83.3 Å². The first kappa shape index (κ1) is 15.9. The second-order valence-electron chi connectivity index (χ2n) is 4.89. The van der Waals surface area contributed by atoms with Crippen molar-refractivity contribution in [2.24, 2.45) is 0 Å². The molecule has 0 amide bonds. The summed E-state index contributed by atoms with van der Waals surface area (Å²) in [7, 11) is 1.38. The molecule has 2 aromatic rings.